The van der Waals surface area contributed by atoms with E-state index in [-0.39, 0.29) is 57.9 Å². The van der Waals surface area contributed by atoms with Crippen molar-refractivity contribution < 1.29 is 75.2 Å². The van der Waals surface area contributed by atoms with Gasteiger partial charge in [-0.05, 0) is 54.5 Å². The standard InChI is InChI=1S/C30H32N2O10S2.Na/c1-30(2)22-17-20(31(3)27(33)18-42-19-28(34)35)13-14-23(22)32(15-8-16-43(37,38)39)26(30)12-7-6-11-25-29(36)21-9-4-5-10-24(21)44(25,40)41;/h4-7,9-14,17H,8,15-16,18-19H2,1-3H3,(H,34,35)(H,37,38,39);/q;+1/p-1/b7-6+,25-11-,26-12-;. The molecule has 0 saturated heterocycles. The zero-order valence-electron chi connectivity index (χ0n) is 25.2. The molecule has 0 fully saturated rings. The van der Waals surface area contributed by atoms with E-state index in [2.05, 4.69) is 0 Å². The van der Waals surface area contributed by atoms with Crippen LogP contribution < -0.4 is 39.4 Å². The molecule has 2 aliphatic rings. The number of allylic oxidation sites excluding steroid dienone is 6. The molecular weight excluding hydrogens is 635 g/mol. The second-order valence-electron chi connectivity index (χ2n) is 10.7. The van der Waals surface area contributed by atoms with E-state index in [1.807, 2.05) is 18.7 Å². The molecule has 0 unspecified atom stereocenters. The van der Waals surface area contributed by atoms with Gasteiger partial charge in [-0.1, -0.05) is 38.1 Å². The molecule has 0 bridgehead atoms. The van der Waals surface area contributed by atoms with Crippen LogP contribution in [-0.2, 0) is 39.7 Å². The van der Waals surface area contributed by atoms with Crippen LogP contribution in [0.1, 0.15) is 36.2 Å². The maximum Gasteiger partial charge on any atom is 1.00 e. The van der Waals surface area contributed by atoms with Crippen molar-refractivity contribution in [2.75, 3.05) is 42.4 Å². The number of Topliss-reactive ketones (excluding diaryl/α,β-unsaturated/α-hetero) is 1. The third-order valence-electron chi connectivity index (χ3n) is 7.41. The Morgan fingerprint density at radius 1 is 1.09 bits per heavy atom. The largest absolute Gasteiger partial charge is 1.00 e. The van der Waals surface area contributed by atoms with Crippen LogP contribution in [0.25, 0.3) is 0 Å². The number of hydrogen-bond donors (Lipinski definition) is 1. The molecule has 4 rings (SSSR count). The van der Waals surface area contributed by atoms with Gasteiger partial charge in [0.25, 0.3) is 5.91 Å². The number of aliphatic carboxylic acids is 1. The van der Waals surface area contributed by atoms with Crippen molar-refractivity contribution in [3.63, 3.8) is 0 Å². The van der Waals surface area contributed by atoms with Crippen LogP contribution in [0.4, 0.5) is 11.4 Å². The minimum absolute atomic E-state index is 0. The van der Waals surface area contributed by atoms with Crippen molar-refractivity contribution in [3.8, 4) is 0 Å². The van der Waals surface area contributed by atoms with E-state index in [0.717, 1.165) is 5.56 Å². The number of amides is 1. The minimum atomic E-state index is -4.45. The number of nitrogens with zero attached hydrogens (tertiary/aromatic N) is 2. The molecule has 15 heteroatoms. The van der Waals surface area contributed by atoms with Gasteiger partial charge >= 0.3 is 35.5 Å². The van der Waals surface area contributed by atoms with Gasteiger partial charge in [0.1, 0.15) is 18.1 Å². The molecule has 0 aromatic heterocycles. The average Bonchev–Trinajstić information content (AvgIpc) is 3.27. The average molecular weight is 667 g/mol. The van der Waals surface area contributed by atoms with Crippen molar-refractivity contribution in [1.29, 1.82) is 0 Å². The molecule has 0 spiro atoms. The summed E-state index contributed by atoms with van der Waals surface area (Å²) in [6.45, 7) is 2.96. The number of likely N-dealkylation sites (N-methyl/N-ethyl adjacent to an activating group) is 1. The SMILES string of the molecule is CN(C(=O)COCC(=O)O)c1ccc2c(c1)C(C)(C)/C(=C/C=C/C=C1/C(=O)c3ccccc3S1(=O)=O)N2CCCS(=O)(=O)[O-].[Na+]. The molecule has 2 heterocycles. The Morgan fingerprint density at radius 3 is 2.40 bits per heavy atom. The molecule has 0 aliphatic carbocycles. The van der Waals surface area contributed by atoms with Gasteiger partial charge in [0.15, 0.2) is 0 Å². The molecule has 0 radical (unpaired) electrons. The number of fused-ring (bicyclic) bond motifs is 2. The van der Waals surface area contributed by atoms with Crippen molar-refractivity contribution in [3.05, 3.63) is 88.5 Å². The van der Waals surface area contributed by atoms with Crippen LogP contribution in [-0.4, -0.2) is 76.7 Å². The summed E-state index contributed by atoms with van der Waals surface area (Å²) in [4.78, 5) is 38.8. The molecule has 1 N–H and O–H groups in total. The van der Waals surface area contributed by atoms with E-state index in [0.29, 0.717) is 17.1 Å². The third-order valence-corrected chi connectivity index (χ3v) is 10.0. The van der Waals surface area contributed by atoms with Crippen molar-refractivity contribution in [2.45, 2.75) is 30.6 Å². The van der Waals surface area contributed by atoms with E-state index in [4.69, 9.17) is 9.84 Å². The quantitative estimate of drug-likeness (QED) is 0.191. The van der Waals surface area contributed by atoms with Gasteiger partial charge in [-0.2, -0.15) is 0 Å². The second kappa shape index (κ2) is 14.1. The fourth-order valence-electron chi connectivity index (χ4n) is 5.20. The molecule has 12 nitrogen and oxygen atoms in total. The Hall–Kier alpha value is -3.11. The smallest absolute Gasteiger partial charge is 0.748 e. The fourth-order valence-corrected chi connectivity index (χ4v) is 7.23. The molecule has 1 amide bonds. The summed E-state index contributed by atoms with van der Waals surface area (Å²) >= 11 is 0. The molecule has 45 heavy (non-hydrogen) atoms. The monoisotopic (exact) mass is 666 g/mol. The maximum atomic E-state index is 12.9. The summed E-state index contributed by atoms with van der Waals surface area (Å²) in [7, 11) is -6.88. The predicted octanol–water partition coefficient (Wildman–Crippen LogP) is -0.218. The number of carbonyl (C=O) groups is 3. The number of benzene rings is 2. The summed E-state index contributed by atoms with van der Waals surface area (Å²) in [5.41, 5.74) is 2.12. The first-order valence-electron chi connectivity index (χ1n) is 13.5. The first-order valence-corrected chi connectivity index (χ1v) is 16.5. The first kappa shape index (κ1) is 36.4. The van der Waals surface area contributed by atoms with Crippen molar-refractivity contribution >= 4 is 49.0 Å². The molecule has 0 atom stereocenters. The zero-order valence-corrected chi connectivity index (χ0v) is 28.9. The molecule has 0 saturated carbocycles. The molecule has 2 aromatic carbocycles. The number of hydrogen-bond acceptors (Lipinski definition) is 10. The van der Waals surface area contributed by atoms with E-state index in [9.17, 15) is 35.8 Å². The Bertz CT molecular complexity index is 1830. The predicted molar refractivity (Wildman–Crippen MR) is 161 cm³/mol. The third kappa shape index (κ3) is 7.83. The van der Waals surface area contributed by atoms with E-state index in [1.54, 1.807) is 42.5 Å². The zero-order chi connectivity index (χ0) is 32.4. The van der Waals surface area contributed by atoms with Crippen LogP contribution in [0, 0.1) is 0 Å². The fraction of sp³-hybridized carbons (Fsp3) is 0.300. The van der Waals surface area contributed by atoms with Gasteiger partial charge in [-0.25, -0.2) is 21.6 Å². The van der Waals surface area contributed by atoms with Gasteiger partial charge in [-0.15, -0.1) is 0 Å². The number of ether oxygens (including phenoxy) is 1. The van der Waals surface area contributed by atoms with Crippen LogP contribution in [0.15, 0.2) is 82.3 Å². The summed E-state index contributed by atoms with van der Waals surface area (Å²) in [5, 5.41) is 8.75. The second-order valence-corrected chi connectivity index (χ2v) is 14.1. The van der Waals surface area contributed by atoms with Gasteiger partial charge in [0.05, 0.1) is 15.0 Å². The molecular formula is C30H31N2NaO10S2. The summed E-state index contributed by atoms with van der Waals surface area (Å²) in [5.74, 6) is -2.83. The van der Waals surface area contributed by atoms with Crippen LogP contribution in [0.2, 0.25) is 0 Å². The molecule has 2 aromatic rings. The van der Waals surface area contributed by atoms with Crippen molar-refractivity contribution in [1.82, 2.24) is 0 Å². The van der Waals surface area contributed by atoms with Crippen LogP contribution in [0.5, 0.6) is 0 Å². The summed E-state index contributed by atoms with van der Waals surface area (Å²) in [6.07, 6.45) is 6.02. The van der Waals surface area contributed by atoms with E-state index in [1.165, 1.54) is 36.2 Å². The van der Waals surface area contributed by atoms with Gasteiger partial charge < -0.3 is 24.2 Å². The van der Waals surface area contributed by atoms with Gasteiger partial charge in [0, 0.05) is 47.4 Å². The Morgan fingerprint density at radius 2 is 1.76 bits per heavy atom. The van der Waals surface area contributed by atoms with Gasteiger partial charge in [-0.3, -0.25) is 9.59 Å². The summed E-state index contributed by atoms with van der Waals surface area (Å²) in [6, 6.07) is 11.2. The number of ketones is 1. The Balaban J connectivity index is 0.00000552. The number of carboxylic acids is 1. The van der Waals surface area contributed by atoms with E-state index < -0.39 is 62.0 Å². The number of anilines is 2. The minimum Gasteiger partial charge on any atom is -0.748 e. The Labute approximate surface area is 284 Å². The van der Waals surface area contributed by atoms with E-state index >= 15 is 0 Å². The topological polar surface area (TPSA) is 178 Å². The molecule has 2 aliphatic heterocycles. The van der Waals surface area contributed by atoms with Crippen LogP contribution >= 0.6 is 0 Å². The summed E-state index contributed by atoms with van der Waals surface area (Å²) < 4.78 is 64.6. The molecule has 234 valence electrons. The number of carboxylic acid groups (broad SMARTS) is 1. The Kier molecular flexibility index (Phi) is 11.4. The van der Waals surface area contributed by atoms with Crippen molar-refractivity contribution in [2.24, 2.45) is 0 Å². The number of sulfone groups is 1. The number of carbonyl (C=O) groups excluding carboxylic acids is 2. The number of rotatable bonds is 11. The van der Waals surface area contributed by atoms with Gasteiger partial charge in [0.2, 0.25) is 15.6 Å². The first-order chi connectivity index (χ1) is 20.6. The normalized spacial score (nSPS) is 18.2. The maximum absolute atomic E-state index is 12.9. The van der Waals surface area contributed by atoms with Crippen LogP contribution in [0.3, 0.4) is 0 Å².